The number of benzene rings is 1. The molecule has 1 aromatic rings. The third-order valence-corrected chi connectivity index (χ3v) is 9.13. The van der Waals surface area contributed by atoms with Crippen LogP contribution in [0.4, 0.5) is 0 Å². The smallest absolute Gasteiger partial charge is 0.320 e. The molecule has 32 heavy (non-hydrogen) atoms. The molecule has 6 atom stereocenters. The molecule has 4 rings (SSSR count). The lowest BCUT2D eigenvalue weighted by Gasteiger charge is -2.45. The van der Waals surface area contributed by atoms with Gasteiger partial charge < -0.3 is 4.74 Å². The van der Waals surface area contributed by atoms with Gasteiger partial charge in [0.25, 0.3) is 0 Å². The summed E-state index contributed by atoms with van der Waals surface area (Å²) in [6.07, 6.45) is 6.64. The van der Waals surface area contributed by atoms with E-state index in [0.717, 1.165) is 44.1 Å². The van der Waals surface area contributed by atoms with Gasteiger partial charge in [0.2, 0.25) is 0 Å². The fourth-order valence-electron chi connectivity index (χ4n) is 7.23. The molecule has 3 nitrogen and oxygen atoms in total. The van der Waals surface area contributed by atoms with Crippen LogP contribution in [-0.4, -0.2) is 17.9 Å². The Labute approximate surface area is 194 Å². The number of allylic oxidation sites excluding steroid dienone is 1. The molecule has 0 unspecified atom stereocenters. The highest BCUT2D eigenvalue weighted by atomic mass is 16.5. The van der Waals surface area contributed by atoms with Gasteiger partial charge in [0.05, 0.1) is 0 Å². The maximum absolute atomic E-state index is 13.9. The van der Waals surface area contributed by atoms with Crippen LogP contribution in [-0.2, 0) is 19.7 Å². The van der Waals surface area contributed by atoms with Crippen molar-refractivity contribution < 1.29 is 14.3 Å². The van der Waals surface area contributed by atoms with Crippen LogP contribution in [0, 0.1) is 29.1 Å². The van der Waals surface area contributed by atoms with E-state index >= 15 is 0 Å². The lowest BCUT2D eigenvalue weighted by Crippen LogP contribution is -2.51. The van der Waals surface area contributed by atoms with Crippen LogP contribution in [0.2, 0.25) is 0 Å². The standard InChI is InChI=1S/C29H40O3/c1-6-22-20(3)18-29(23(22)13-10-14-26(29)30)27(31)32-25-17-19(2)15-16-24(25)28(4,5)21-11-8-7-9-12-21/h7-9,11-12,19,22-25H,3,6,10,13-18H2,1-2,4-5H3/t19-,22-,23+,24-,25-,29+/m1/s1. The maximum Gasteiger partial charge on any atom is 0.320 e. The Hall–Kier alpha value is -1.90. The van der Waals surface area contributed by atoms with E-state index < -0.39 is 5.41 Å². The molecule has 0 saturated heterocycles. The largest absolute Gasteiger partial charge is 0.461 e. The van der Waals surface area contributed by atoms with Crippen molar-refractivity contribution in [1.29, 1.82) is 0 Å². The first-order chi connectivity index (χ1) is 15.2. The first-order valence-electron chi connectivity index (χ1n) is 12.7. The SMILES string of the molecule is C=C1C[C@@]2(C(=O)O[C@@H]3C[C@H](C)CC[C@H]3C(C)(C)c3ccccc3)C(=O)CCC[C@H]2[C@@H]1CC. The van der Waals surface area contributed by atoms with Crippen molar-refractivity contribution in [3.05, 3.63) is 48.0 Å². The molecule has 0 heterocycles. The summed E-state index contributed by atoms with van der Waals surface area (Å²) >= 11 is 0. The summed E-state index contributed by atoms with van der Waals surface area (Å²) in [5.74, 6) is 0.929. The summed E-state index contributed by atoms with van der Waals surface area (Å²) < 4.78 is 6.44. The van der Waals surface area contributed by atoms with Gasteiger partial charge >= 0.3 is 5.97 Å². The van der Waals surface area contributed by atoms with Crippen LogP contribution >= 0.6 is 0 Å². The molecule has 0 radical (unpaired) electrons. The number of fused-ring (bicyclic) bond motifs is 1. The normalized spacial score (nSPS) is 35.4. The number of Topliss-reactive ketones (excluding diaryl/α,β-unsaturated/α-hetero) is 1. The van der Waals surface area contributed by atoms with Gasteiger partial charge in [0.1, 0.15) is 11.5 Å². The summed E-state index contributed by atoms with van der Waals surface area (Å²) in [6.45, 7) is 13.2. The van der Waals surface area contributed by atoms with Gasteiger partial charge in [-0.05, 0) is 67.3 Å². The van der Waals surface area contributed by atoms with Gasteiger partial charge in [-0.25, -0.2) is 0 Å². The van der Waals surface area contributed by atoms with E-state index in [-0.39, 0.29) is 41.0 Å². The van der Waals surface area contributed by atoms with Crippen LogP contribution in [0.15, 0.2) is 42.5 Å². The fourth-order valence-corrected chi connectivity index (χ4v) is 7.23. The number of hydrogen-bond acceptors (Lipinski definition) is 3. The molecule has 3 heteroatoms. The van der Waals surface area contributed by atoms with E-state index in [9.17, 15) is 9.59 Å². The van der Waals surface area contributed by atoms with Crippen LogP contribution in [0.25, 0.3) is 0 Å². The summed E-state index contributed by atoms with van der Waals surface area (Å²) in [4.78, 5) is 27.2. The molecule has 0 amide bonds. The Morgan fingerprint density at radius 2 is 1.91 bits per heavy atom. The van der Waals surface area contributed by atoms with Crippen molar-refractivity contribution in [2.75, 3.05) is 0 Å². The average molecular weight is 437 g/mol. The highest BCUT2D eigenvalue weighted by Crippen LogP contribution is 2.57. The van der Waals surface area contributed by atoms with E-state index in [4.69, 9.17) is 4.74 Å². The summed E-state index contributed by atoms with van der Waals surface area (Å²) in [5, 5.41) is 0. The zero-order valence-corrected chi connectivity index (χ0v) is 20.4. The number of carbonyl (C=O) groups is 2. The highest BCUT2D eigenvalue weighted by Gasteiger charge is 2.61. The monoisotopic (exact) mass is 436 g/mol. The molecule has 174 valence electrons. The quantitative estimate of drug-likeness (QED) is 0.295. The molecular weight excluding hydrogens is 396 g/mol. The predicted molar refractivity (Wildman–Crippen MR) is 128 cm³/mol. The number of rotatable bonds is 5. The van der Waals surface area contributed by atoms with Gasteiger partial charge in [-0.2, -0.15) is 0 Å². The second-order valence-electron chi connectivity index (χ2n) is 11.3. The van der Waals surface area contributed by atoms with E-state index in [1.165, 1.54) is 5.56 Å². The molecule has 0 spiro atoms. The molecule has 0 aliphatic heterocycles. The minimum Gasteiger partial charge on any atom is -0.461 e. The lowest BCUT2D eigenvalue weighted by atomic mass is 9.63. The highest BCUT2D eigenvalue weighted by molar-refractivity contribution is 6.05. The van der Waals surface area contributed by atoms with Crippen molar-refractivity contribution in [3.63, 3.8) is 0 Å². The zero-order chi connectivity index (χ0) is 23.1. The van der Waals surface area contributed by atoms with E-state index in [1.54, 1.807) is 0 Å². The van der Waals surface area contributed by atoms with Crippen molar-refractivity contribution in [2.45, 2.75) is 90.6 Å². The van der Waals surface area contributed by atoms with Gasteiger partial charge in [0, 0.05) is 12.3 Å². The molecule has 0 aromatic heterocycles. The summed E-state index contributed by atoms with van der Waals surface area (Å²) in [6, 6.07) is 10.6. The molecule has 3 saturated carbocycles. The van der Waals surface area contributed by atoms with Gasteiger partial charge in [-0.15, -0.1) is 0 Å². The topological polar surface area (TPSA) is 43.4 Å². The second-order valence-corrected chi connectivity index (χ2v) is 11.3. The maximum atomic E-state index is 13.9. The van der Waals surface area contributed by atoms with Crippen LogP contribution in [0.5, 0.6) is 0 Å². The molecule has 0 N–H and O–H groups in total. The first-order valence-corrected chi connectivity index (χ1v) is 12.7. The number of ether oxygens (including phenoxy) is 1. The van der Waals surface area contributed by atoms with Crippen molar-refractivity contribution in [2.24, 2.45) is 29.1 Å². The number of esters is 1. The van der Waals surface area contributed by atoms with Crippen molar-refractivity contribution >= 4 is 11.8 Å². The van der Waals surface area contributed by atoms with Crippen molar-refractivity contribution in [3.8, 4) is 0 Å². The Morgan fingerprint density at radius 1 is 1.19 bits per heavy atom. The van der Waals surface area contributed by atoms with Gasteiger partial charge in [-0.3, -0.25) is 9.59 Å². The number of carbonyl (C=O) groups excluding carboxylic acids is 2. The minimum absolute atomic E-state index is 0.0651. The first kappa shape index (κ1) is 23.3. The lowest BCUT2D eigenvalue weighted by molar-refractivity contribution is -0.176. The summed E-state index contributed by atoms with van der Waals surface area (Å²) in [7, 11) is 0. The number of hydrogen-bond donors (Lipinski definition) is 0. The molecule has 0 bridgehead atoms. The van der Waals surface area contributed by atoms with Crippen LogP contribution in [0.3, 0.4) is 0 Å². The third kappa shape index (κ3) is 3.76. The molecule has 3 fully saturated rings. The molecule has 3 aliphatic carbocycles. The predicted octanol–water partition coefficient (Wildman–Crippen LogP) is 6.65. The van der Waals surface area contributed by atoms with Gasteiger partial charge in [0.15, 0.2) is 5.78 Å². The Bertz CT molecular complexity index is 870. The number of ketones is 1. The van der Waals surface area contributed by atoms with Gasteiger partial charge in [-0.1, -0.05) is 76.6 Å². The van der Waals surface area contributed by atoms with E-state index in [0.29, 0.717) is 18.8 Å². The van der Waals surface area contributed by atoms with Crippen LogP contribution in [0.1, 0.15) is 84.6 Å². The van der Waals surface area contributed by atoms with E-state index in [1.807, 2.05) is 6.07 Å². The second kappa shape index (κ2) is 8.80. The molecular formula is C29H40O3. The average Bonchev–Trinajstić information content (AvgIpc) is 3.07. The molecule has 3 aliphatic rings. The van der Waals surface area contributed by atoms with E-state index in [2.05, 4.69) is 58.5 Å². The fraction of sp³-hybridized carbons (Fsp3) is 0.655. The minimum atomic E-state index is -0.988. The van der Waals surface area contributed by atoms with Crippen LogP contribution < -0.4 is 0 Å². The Morgan fingerprint density at radius 3 is 2.59 bits per heavy atom. The Balaban J connectivity index is 1.64. The zero-order valence-electron chi connectivity index (χ0n) is 20.4. The summed E-state index contributed by atoms with van der Waals surface area (Å²) in [5.41, 5.74) is 1.26. The molecule has 1 aromatic carbocycles. The van der Waals surface area contributed by atoms with Crippen molar-refractivity contribution in [1.82, 2.24) is 0 Å². The third-order valence-electron chi connectivity index (χ3n) is 9.13. The Kier molecular flexibility index (Phi) is 6.40.